The van der Waals surface area contributed by atoms with Gasteiger partial charge in [-0.3, -0.25) is 9.59 Å². The minimum absolute atomic E-state index is 0.0916. The molecule has 2 amide bonds. The van der Waals surface area contributed by atoms with Gasteiger partial charge in [0.15, 0.2) is 0 Å². The molecule has 24 heavy (non-hydrogen) atoms. The Balaban J connectivity index is 1.48. The van der Waals surface area contributed by atoms with Gasteiger partial charge in [0.2, 0.25) is 5.91 Å². The van der Waals surface area contributed by atoms with Crippen molar-refractivity contribution in [3.8, 4) is 0 Å². The lowest BCUT2D eigenvalue weighted by atomic mass is 10.2. The lowest BCUT2D eigenvalue weighted by Crippen LogP contribution is -2.34. The summed E-state index contributed by atoms with van der Waals surface area (Å²) in [6, 6.07) is 7.97. The molecule has 1 saturated heterocycles. The highest BCUT2D eigenvalue weighted by Gasteiger charge is 2.16. The van der Waals surface area contributed by atoms with Crippen LogP contribution in [0.5, 0.6) is 0 Å². The third kappa shape index (κ3) is 3.96. The third-order valence-corrected chi connectivity index (χ3v) is 4.58. The smallest absolute Gasteiger partial charge is 0.267 e. The number of aromatic amines is 1. The first-order chi connectivity index (χ1) is 11.6. The summed E-state index contributed by atoms with van der Waals surface area (Å²) in [6.45, 7) is 4.20. The van der Waals surface area contributed by atoms with Crippen LogP contribution in [0.4, 0.5) is 0 Å². The van der Waals surface area contributed by atoms with E-state index >= 15 is 0 Å². The van der Waals surface area contributed by atoms with E-state index in [0.29, 0.717) is 18.7 Å². The normalized spacial score (nSPS) is 15.5. The fourth-order valence-corrected chi connectivity index (χ4v) is 3.22. The average Bonchev–Trinajstić information content (AvgIpc) is 2.88. The molecule has 3 rings (SSSR count). The predicted octanol–water partition coefficient (Wildman–Crippen LogP) is 3.00. The number of rotatable bonds is 5. The zero-order valence-electron chi connectivity index (χ0n) is 14.2. The van der Waals surface area contributed by atoms with Crippen LogP contribution in [-0.2, 0) is 4.79 Å². The standard InChI is InChI=1S/C19H25N3O2/c1-14-7-8-16-15(12-14)13-17(21-16)19(24)20-9-5-11-22-10-4-2-3-6-18(22)23/h7-8,12-13,21H,2-6,9-11H2,1H3,(H,20,24). The Morgan fingerprint density at radius 3 is 3.00 bits per heavy atom. The number of amides is 2. The lowest BCUT2D eigenvalue weighted by Gasteiger charge is -2.20. The van der Waals surface area contributed by atoms with Gasteiger partial charge in [-0.15, -0.1) is 0 Å². The van der Waals surface area contributed by atoms with Crippen LogP contribution in [0, 0.1) is 6.92 Å². The molecule has 0 unspecified atom stereocenters. The third-order valence-electron chi connectivity index (χ3n) is 4.58. The zero-order valence-corrected chi connectivity index (χ0v) is 14.2. The summed E-state index contributed by atoms with van der Waals surface area (Å²) < 4.78 is 0. The molecule has 1 fully saturated rings. The largest absolute Gasteiger partial charge is 0.351 e. The number of nitrogens with zero attached hydrogens (tertiary/aromatic N) is 1. The van der Waals surface area contributed by atoms with Gasteiger partial charge in [-0.25, -0.2) is 0 Å². The number of H-pyrrole nitrogens is 1. The highest BCUT2D eigenvalue weighted by atomic mass is 16.2. The summed E-state index contributed by atoms with van der Waals surface area (Å²) in [4.78, 5) is 29.3. The number of aromatic nitrogens is 1. The van der Waals surface area contributed by atoms with Crippen molar-refractivity contribution in [2.75, 3.05) is 19.6 Å². The Bertz CT molecular complexity index is 735. The summed E-state index contributed by atoms with van der Waals surface area (Å²) in [5, 5.41) is 3.99. The maximum Gasteiger partial charge on any atom is 0.267 e. The van der Waals surface area contributed by atoms with E-state index < -0.39 is 0 Å². The first-order valence-corrected chi connectivity index (χ1v) is 8.79. The number of benzene rings is 1. The van der Waals surface area contributed by atoms with Gasteiger partial charge in [0, 0.05) is 37.0 Å². The van der Waals surface area contributed by atoms with Crippen LogP contribution < -0.4 is 5.32 Å². The summed E-state index contributed by atoms with van der Waals surface area (Å²) in [6.07, 6.45) is 4.69. The van der Waals surface area contributed by atoms with Crippen molar-refractivity contribution in [2.24, 2.45) is 0 Å². The molecule has 5 nitrogen and oxygen atoms in total. The topological polar surface area (TPSA) is 65.2 Å². The van der Waals surface area contributed by atoms with E-state index in [1.54, 1.807) is 0 Å². The van der Waals surface area contributed by atoms with E-state index in [0.717, 1.165) is 49.7 Å². The molecule has 0 saturated carbocycles. The second-order valence-electron chi connectivity index (χ2n) is 6.57. The Hall–Kier alpha value is -2.30. The van der Waals surface area contributed by atoms with Crippen molar-refractivity contribution in [1.29, 1.82) is 0 Å². The molecule has 128 valence electrons. The number of carbonyl (C=O) groups excluding carboxylic acids is 2. The summed E-state index contributed by atoms with van der Waals surface area (Å²) in [5.41, 5.74) is 2.73. The molecule has 1 aromatic carbocycles. The van der Waals surface area contributed by atoms with Crippen molar-refractivity contribution < 1.29 is 9.59 Å². The fraction of sp³-hybridized carbons (Fsp3) is 0.474. The van der Waals surface area contributed by atoms with Gasteiger partial charge in [-0.2, -0.15) is 0 Å². The SMILES string of the molecule is Cc1ccc2[nH]c(C(=O)NCCCN3CCCCCC3=O)cc2c1. The number of aryl methyl sites for hydroxylation is 1. The second kappa shape index (κ2) is 7.51. The number of hydrogen-bond acceptors (Lipinski definition) is 2. The summed E-state index contributed by atoms with van der Waals surface area (Å²) in [5.74, 6) is 0.163. The highest BCUT2D eigenvalue weighted by Crippen LogP contribution is 2.17. The molecule has 0 atom stereocenters. The van der Waals surface area contributed by atoms with Gasteiger partial charge >= 0.3 is 0 Å². The minimum atomic E-state index is -0.0916. The van der Waals surface area contributed by atoms with Crippen molar-refractivity contribution in [1.82, 2.24) is 15.2 Å². The maximum atomic E-state index is 12.2. The molecular formula is C19H25N3O2. The zero-order chi connectivity index (χ0) is 16.9. The fourth-order valence-electron chi connectivity index (χ4n) is 3.22. The summed E-state index contributed by atoms with van der Waals surface area (Å²) >= 11 is 0. The molecule has 2 heterocycles. The monoisotopic (exact) mass is 327 g/mol. The van der Waals surface area contributed by atoms with Crippen LogP contribution in [0.3, 0.4) is 0 Å². The van der Waals surface area contributed by atoms with Crippen LogP contribution >= 0.6 is 0 Å². The Morgan fingerprint density at radius 1 is 1.25 bits per heavy atom. The van der Waals surface area contributed by atoms with E-state index in [2.05, 4.69) is 16.4 Å². The van der Waals surface area contributed by atoms with Crippen LogP contribution in [-0.4, -0.2) is 41.3 Å². The average molecular weight is 327 g/mol. The predicted molar refractivity (Wildman–Crippen MR) is 95.0 cm³/mol. The quantitative estimate of drug-likeness (QED) is 0.829. The van der Waals surface area contributed by atoms with Gasteiger partial charge in [0.1, 0.15) is 5.69 Å². The van der Waals surface area contributed by atoms with Gasteiger partial charge in [0.25, 0.3) is 5.91 Å². The molecule has 0 spiro atoms. The van der Waals surface area contributed by atoms with Gasteiger partial charge in [-0.1, -0.05) is 18.1 Å². The molecule has 2 aromatic rings. The van der Waals surface area contributed by atoms with E-state index in [9.17, 15) is 9.59 Å². The number of carbonyl (C=O) groups is 2. The molecule has 5 heteroatoms. The molecule has 2 N–H and O–H groups in total. The van der Waals surface area contributed by atoms with Crippen LogP contribution in [0.2, 0.25) is 0 Å². The van der Waals surface area contributed by atoms with E-state index in [-0.39, 0.29) is 11.8 Å². The number of nitrogens with one attached hydrogen (secondary N) is 2. The first-order valence-electron chi connectivity index (χ1n) is 8.79. The molecule has 1 aromatic heterocycles. The maximum absolute atomic E-state index is 12.2. The van der Waals surface area contributed by atoms with Crippen molar-refractivity contribution >= 4 is 22.7 Å². The van der Waals surface area contributed by atoms with E-state index in [1.165, 1.54) is 5.56 Å². The Morgan fingerprint density at radius 2 is 2.12 bits per heavy atom. The van der Waals surface area contributed by atoms with Gasteiger partial charge in [0.05, 0.1) is 0 Å². The molecular weight excluding hydrogens is 302 g/mol. The molecule has 1 aliphatic heterocycles. The minimum Gasteiger partial charge on any atom is -0.351 e. The number of hydrogen-bond donors (Lipinski definition) is 2. The molecule has 1 aliphatic rings. The number of fused-ring (bicyclic) bond motifs is 1. The summed E-state index contributed by atoms with van der Waals surface area (Å²) in [7, 11) is 0. The van der Waals surface area contributed by atoms with E-state index in [4.69, 9.17) is 0 Å². The Kier molecular flexibility index (Phi) is 5.18. The Labute approximate surface area is 142 Å². The van der Waals surface area contributed by atoms with Gasteiger partial charge in [-0.05, 0) is 44.4 Å². The molecule has 0 bridgehead atoms. The second-order valence-corrected chi connectivity index (χ2v) is 6.57. The lowest BCUT2D eigenvalue weighted by molar-refractivity contribution is -0.130. The first kappa shape index (κ1) is 16.6. The van der Waals surface area contributed by atoms with Crippen LogP contribution in [0.15, 0.2) is 24.3 Å². The van der Waals surface area contributed by atoms with Crippen LogP contribution in [0.25, 0.3) is 10.9 Å². The van der Waals surface area contributed by atoms with Crippen molar-refractivity contribution in [3.63, 3.8) is 0 Å². The van der Waals surface area contributed by atoms with E-state index in [1.807, 2.05) is 30.0 Å². The highest BCUT2D eigenvalue weighted by molar-refractivity contribution is 5.98. The van der Waals surface area contributed by atoms with Crippen LogP contribution in [0.1, 0.15) is 48.2 Å². The molecule has 0 radical (unpaired) electrons. The van der Waals surface area contributed by atoms with Crippen molar-refractivity contribution in [3.05, 3.63) is 35.5 Å². The van der Waals surface area contributed by atoms with Gasteiger partial charge < -0.3 is 15.2 Å². The van der Waals surface area contributed by atoms with Crippen molar-refractivity contribution in [2.45, 2.75) is 39.0 Å². The number of likely N-dealkylation sites (tertiary alicyclic amines) is 1. The molecule has 0 aliphatic carbocycles.